The van der Waals surface area contributed by atoms with Gasteiger partial charge < -0.3 is 0 Å². The smallest absolute Gasteiger partial charge is 0.206 e. The van der Waals surface area contributed by atoms with Crippen LogP contribution in [0.2, 0.25) is 0 Å². The maximum absolute atomic E-state index is 11.4. The van der Waals surface area contributed by atoms with E-state index in [-0.39, 0.29) is 5.69 Å². The molecule has 5 nitrogen and oxygen atoms in total. The van der Waals surface area contributed by atoms with E-state index in [1.54, 1.807) is 12.1 Å². The Bertz CT molecular complexity index is 540. The van der Waals surface area contributed by atoms with Crippen molar-refractivity contribution in [2.75, 3.05) is 16.2 Å². The summed E-state index contributed by atoms with van der Waals surface area (Å²) in [5.41, 5.74) is 1.04. The van der Waals surface area contributed by atoms with Crippen molar-refractivity contribution in [2.45, 2.75) is 6.92 Å². The lowest BCUT2D eigenvalue weighted by Gasteiger charge is -2.19. The highest BCUT2D eigenvalue weighted by molar-refractivity contribution is 8.09. The molecule has 0 aromatic heterocycles. The molecule has 0 aliphatic heterocycles. The first kappa shape index (κ1) is 13.0. The van der Waals surface area contributed by atoms with E-state index in [9.17, 15) is 16.8 Å². The highest BCUT2D eigenvalue weighted by atomic mass is 32.3. The van der Waals surface area contributed by atoms with Crippen LogP contribution in [0.25, 0.3) is 0 Å². The number of rotatable bonds is 3. The molecule has 0 unspecified atom stereocenters. The average Bonchev–Trinajstić information content (AvgIpc) is 2.03. The second kappa shape index (κ2) is 4.06. The summed E-state index contributed by atoms with van der Waals surface area (Å²) in [5.74, 6) is 0. The van der Waals surface area contributed by atoms with Gasteiger partial charge in [0.2, 0.25) is 20.0 Å². The standard InChI is InChI=1S/C9H13NO4S2/c1-8-4-6-9(7-5-8)10(15(2,11)12)16(3,13)14/h4-7H,1-3H3. The molecule has 7 heteroatoms. The lowest BCUT2D eigenvalue weighted by atomic mass is 10.2. The molecule has 0 spiro atoms. The summed E-state index contributed by atoms with van der Waals surface area (Å²) in [7, 11) is -7.69. The van der Waals surface area contributed by atoms with Crippen molar-refractivity contribution in [1.29, 1.82) is 0 Å². The highest BCUT2D eigenvalue weighted by Crippen LogP contribution is 2.20. The number of anilines is 1. The molecule has 1 rings (SSSR count). The molecule has 0 aliphatic carbocycles. The lowest BCUT2D eigenvalue weighted by Crippen LogP contribution is -2.35. The van der Waals surface area contributed by atoms with E-state index in [0.29, 0.717) is 3.71 Å². The van der Waals surface area contributed by atoms with Gasteiger partial charge in [-0.2, -0.15) is 3.71 Å². The molecule has 90 valence electrons. The van der Waals surface area contributed by atoms with Gasteiger partial charge in [0.1, 0.15) is 0 Å². The zero-order valence-electron chi connectivity index (χ0n) is 9.21. The summed E-state index contributed by atoms with van der Waals surface area (Å²) in [4.78, 5) is 0. The van der Waals surface area contributed by atoms with Crippen molar-refractivity contribution >= 4 is 25.7 Å². The molecule has 0 amide bonds. The first-order valence-electron chi connectivity index (χ1n) is 4.39. The first-order valence-corrected chi connectivity index (χ1v) is 8.09. The highest BCUT2D eigenvalue weighted by Gasteiger charge is 2.26. The van der Waals surface area contributed by atoms with Gasteiger partial charge in [-0.3, -0.25) is 0 Å². The Morgan fingerprint density at radius 1 is 0.875 bits per heavy atom. The fraction of sp³-hybridized carbons (Fsp3) is 0.333. The first-order chi connectivity index (χ1) is 7.12. The van der Waals surface area contributed by atoms with Crippen LogP contribution in [0.4, 0.5) is 5.69 Å². The summed E-state index contributed by atoms with van der Waals surface area (Å²) in [5, 5.41) is 0. The Morgan fingerprint density at radius 3 is 1.56 bits per heavy atom. The Balaban J connectivity index is 3.41. The number of hydrogen-bond donors (Lipinski definition) is 0. The SMILES string of the molecule is Cc1ccc(N(S(C)(=O)=O)S(C)(=O)=O)cc1. The van der Waals surface area contributed by atoms with Gasteiger partial charge in [-0.25, -0.2) is 16.8 Å². The molecule has 0 fully saturated rings. The molecule has 0 atom stereocenters. The largest absolute Gasteiger partial charge is 0.245 e. The van der Waals surface area contributed by atoms with E-state index in [1.807, 2.05) is 6.92 Å². The predicted molar refractivity (Wildman–Crippen MR) is 63.3 cm³/mol. The number of hydrogen-bond acceptors (Lipinski definition) is 4. The van der Waals surface area contributed by atoms with Crippen LogP contribution in [-0.4, -0.2) is 29.3 Å². The Kier molecular flexibility index (Phi) is 3.30. The van der Waals surface area contributed by atoms with Gasteiger partial charge in [-0.1, -0.05) is 17.7 Å². The van der Waals surface area contributed by atoms with Crippen LogP contribution in [0, 0.1) is 6.92 Å². The normalized spacial score (nSPS) is 12.4. The second-order valence-electron chi connectivity index (χ2n) is 3.56. The second-order valence-corrected chi connectivity index (χ2v) is 7.45. The van der Waals surface area contributed by atoms with Crippen LogP contribution >= 0.6 is 0 Å². The monoisotopic (exact) mass is 263 g/mol. The Labute approximate surface area is 95.8 Å². The minimum Gasteiger partial charge on any atom is -0.206 e. The van der Waals surface area contributed by atoms with Crippen molar-refractivity contribution in [1.82, 2.24) is 0 Å². The quantitative estimate of drug-likeness (QED) is 0.805. The lowest BCUT2D eigenvalue weighted by molar-refractivity contribution is 0.590. The molecule has 0 radical (unpaired) electrons. The van der Waals surface area contributed by atoms with Crippen molar-refractivity contribution in [3.63, 3.8) is 0 Å². The van der Waals surface area contributed by atoms with E-state index in [2.05, 4.69) is 0 Å². The van der Waals surface area contributed by atoms with Gasteiger partial charge in [0.25, 0.3) is 0 Å². The minimum absolute atomic E-state index is 0.121. The van der Waals surface area contributed by atoms with Crippen molar-refractivity contribution in [2.24, 2.45) is 0 Å². The van der Waals surface area contributed by atoms with E-state index < -0.39 is 20.0 Å². The summed E-state index contributed by atoms with van der Waals surface area (Å²) < 4.78 is 46.1. The number of benzene rings is 1. The van der Waals surface area contributed by atoms with Crippen LogP contribution in [0.5, 0.6) is 0 Å². The van der Waals surface area contributed by atoms with Crippen LogP contribution in [0.3, 0.4) is 0 Å². The summed E-state index contributed by atoms with van der Waals surface area (Å²) in [6.07, 6.45) is 1.71. The molecule has 16 heavy (non-hydrogen) atoms. The number of aryl methyl sites for hydroxylation is 1. The maximum Gasteiger partial charge on any atom is 0.245 e. The molecule has 0 saturated carbocycles. The van der Waals surface area contributed by atoms with Crippen LogP contribution in [0.15, 0.2) is 24.3 Å². The van der Waals surface area contributed by atoms with Crippen molar-refractivity contribution in [3.05, 3.63) is 29.8 Å². The fourth-order valence-corrected chi connectivity index (χ4v) is 4.27. The van der Waals surface area contributed by atoms with Gasteiger partial charge in [0.05, 0.1) is 18.2 Å². The molecular formula is C9H13NO4S2. The van der Waals surface area contributed by atoms with Gasteiger partial charge in [0, 0.05) is 0 Å². The Hall–Kier alpha value is -1.08. The zero-order valence-corrected chi connectivity index (χ0v) is 10.8. The third kappa shape index (κ3) is 2.96. The molecule has 0 N–H and O–H groups in total. The molecule has 0 saturated heterocycles. The van der Waals surface area contributed by atoms with E-state index >= 15 is 0 Å². The maximum atomic E-state index is 11.4. The predicted octanol–water partition coefficient (Wildman–Crippen LogP) is 0.721. The van der Waals surface area contributed by atoms with E-state index in [0.717, 1.165) is 18.1 Å². The van der Waals surface area contributed by atoms with E-state index in [4.69, 9.17) is 0 Å². The summed E-state index contributed by atoms with van der Waals surface area (Å²) in [6.45, 7) is 1.83. The summed E-state index contributed by atoms with van der Waals surface area (Å²) in [6, 6.07) is 6.21. The van der Waals surface area contributed by atoms with Gasteiger partial charge in [-0.05, 0) is 19.1 Å². The third-order valence-electron chi connectivity index (χ3n) is 1.85. The topological polar surface area (TPSA) is 71.5 Å². The van der Waals surface area contributed by atoms with Gasteiger partial charge in [0.15, 0.2) is 0 Å². The minimum atomic E-state index is -3.84. The molecule has 1 aromatic rings. The van der Waals surface area contributed by atoms with Crippen LogP contribution in [-0.2, 0) is 20.0 Å². The van der Waals surface area contributed by atoms with Crippen LogP contribution in [0.1, 0.15) is 5.56 Å². The third-order valence-corrected chi connectivity index (χ3v) is 5.10. The fourth-order valence-electron chi connectivity index (χ4n) is 1.30. The van der Waals surface area contributed by atoms with Gasteiger partial charge in [-0.15, -0.1) is 0 Å². The molecule has 0 heterocycles. The molecule has 1 aromatic carbocycles. The average molecular weight is 263 g/mol. The molecular weight excluding hydrogens is 250 g/mol. The van der Waals surface area contributed by atoms with Gasteiger partial charge >= 0.3 is 0 Å². The van der Waals surface area contributed by atoms with Crippen molar-refractivity contribution < 1.29 is 16.8 Å². The zero-order chi connectivity index (χ0) is 12.6. The molecule has 0 aliphatic rings. The number of nitrogens with zero attached hydrogens (tertiary/aromatic N) is 1. The van der Waals surface area contributed by atoms with Crippen LogP contribution < -0.4 is 3.71 Å². The summed E-state index contributed by atoms with van der Waals surface area (Å²) >= 11 is 0. The molecule has 0 bridgehead atoms. The Morgan fingerprint density at radius 2 is 1.25 bits per heavy atom. The van der Waals surface area contributed by atoms with Crippen molar-refractivity contribution in [3.8, 4) is 0 Å². The van der Waals surface area contributed by atoms with E-state index in [1.165, 1.54) is 12.1 Å². The number of sulfonamides is 2.